The maximum absolute atomic E-state index is 12.9. The Kier molecular flexibility index (Phi) is 9.23. The van der Waals surface area contributed by atoms with Gasteiger partial charge in [-0.1, -0.05) is 39.8 Å². The van der Waals surface area contributed by atoms with E-state index in [9.17, 15) is 14.4 Å². The molecule has 8 nitrogen and oxygen atoms in total. The van der Waals surface area contributed by atoms with Crippen LogP contribution in [0.15, 0.2) is 24.3 Å². The molecule has 0 spiro atoms. The zero-order valence-electron chi connectivity index (χ0n) is 18.5. The van der Waals surface area contributed by atoms with E-state index in [4.69, 9.17) is 21.7 Å². The molecule has 1 aliphatic rings. The monoisotopic (exact) mass is 449 g/mol. The van der Waals surface area contributed by atoms with Crippen LogP contribution < -0.4 is 15.4 Å². The Morgan fingerprint density at radius 3 is 2.55 bits per heavy atom. The molecule has 0 saturated carbocycles. The van der Waals surface area contributed by atoms with Gasteiger partial charge < -0.3 is 19.7 Å². The van der Waals surface area contributed by atoms with Crippen molar-refractivity contribution in [2.45, 2.75) is 40.2 Å². The number of thiocarbonyl (C=S) groups is 1. The number of nitrogens with zero attached hydrogens (tertiary/aromatic N) is 1. The summed E-state index contributed by atoms with van der Waals surface area (Å²) in [5.74, 6) is -0.288. The van der Waals surface area contributed by atoms with Gasteiger partial charge in [0.15, 0.2) is 5.11 Å². The maximum atomic E-state index is 12.9. The smallest absolute Gasteiger partial charge is 0.308 e. The number of nitrogens with one attached hydrogen (secondary N) is 2. The lowest BCUT2D eigenvalue weighted by Gasteiger charge is -2.36. The number of hydrogen-bond donors (Lipinski definition) is 2. The molecule has 1 aromatic carbocycles. The Morgan fingerprint density at radius 2 is 1.87 bits per heavy atom. The number of benzene rings is 1. The van der Waals surface area contributed by atoms with Crippen molar-refractivity contribution < 1.29 is 23.9 Å². The van der Waals surface area contributed by atoms with E-state index in [1.54, 1.807) is 29.2 Å². The Hall–Kier alpha value is -2.68. The van der Waals surface area contributed by atoms with Gasteiger partial charge in [0.25, 0.3) is 5.91 Å². The number of esters is 1. The van der Waals surface area contributed by atoms with E-state index in [1.807, 2.05) is 27.7 Å². The third-order valence-electron chi connectivity index (χ3n) is 4.45. The third-order valence-corrected chi connectivity index (χ3v) is 4.79. The van der Waals surface area contributed by atoms with Gasteiger partial charge in [0, 0.05) is 13.1 Å². The highest BCUT2D eigenvalue weighted by Gasteiger charge is 2.34. The van der Waals surface area contributed by atoms with Gasteiger partial charge in [-0.15, -0.1) is 0 Å². The average molecular weight is 450 g/mol. The zero-order valence-corrected chi connectivity index (χ0v) is 19.3. The summed E-state index contributed by atoms with van der Waals surface area (Å²) in [5.41, 5.74) is 0.347. The fourth-order valence-electron chi connectivity index (χ4n) is 2.91. The maximum Gasteiger partial charge on any atom is 0.308 e. The molecule has 2 amide bonds. The van der Waals surface area contributed by atoms with E-state index in [1.165, 1.54) is 0 Å². The summed E-state index contributed by atoms with van der Waals surface area (Å²) in [4.78, 5) is 39.0. The van der Waals surface area contributed by atoms with Crippen LogP contribution in [-0.4, -0.2) is 60.1 Å². The first-order valence-corrected chi connectivity index (χ1v) is 10.9. The quantitative estimate of drug-likeness (QED) is 0.464. The van der Waals surface area contributed by atoms with Crippen molar-refractivity contribution in [2.24, 2.45) is 11.8 Å². The minimum atomic E-state index is -0.839. The van der Waals surface area contributed by atoms with Crippen LogP contribution in [0.3, 0.4) is 0 Å². The second-order valence-electron chi connectivity index (χ2n) is 8.24. The fourth-order valence-corrected chi connectivity index (χ4v) is 3.22. The van der Waals surface area contributed by atoms with Crippen molar-refractivity contribution in [1.29, 1.82) is 0 Å². The minimum Gasteiger partial charge on any atom is -0.492 e. The predicted molar refractivity (Wildman–Crippen MR) is 121 cm³/mol. The van der Waals surface area contributed by atoms with Crippen molar-refractivity contribution in [1.82, 2.24) is 15.5 Å². The molecule has 1 atom stereocenters. The number of para-hydroxylation sites is 1. The molecule has 0 radical (unpaired) electrons. The van der Waals surface area contributed by atoms with Crippen LogP contribution in [0.4, 0.5) is 0 Å². The summed E-state index contributed by atoms with van der Waals surface area (Å²) >= 11 is 5.41. The molecule has 1 saturated heterocycles. The summed E-state index contributed by atoms with van der Waals surface area (Å²) in [6.45, 7) is 9.39. The first-order valence-electron chi connectivity index (χ1n) is 10.5. The minimum absolute atomic E-state index is 0.0835. The summed E-state index contributed by atoms with van der Waals surface area (Å²) < 4.78 is 10.9. The molecule has 170 valence electrons. The molecule has 1 heterocycles. The first-order chi connectivity index (χ1) is 14.7. The Labute approximate surface area is 188 Å². The van der Waals surface area contributed by atoms with Gasteiger partial charge in [0.2, 0.25) is 5.91 Å². The first kappa shape index (κ1) is 24.6. The molecule has 0 aliphatic carbocycles. The van der Waals surface area contributed by atoms with Crippen molar-refractivity contribution >= 4 is 35.1 Å². The van der Waals surface area contributed by atoms with E-state index in [-0.39, 0.29) is 30.0 Å². The second kappa shape index (κ2) is 11.6. The summed E-state index contributed by atoms with van der Waals surface area (Å²) in [7, 11) is 0. The number of hydrogen-bond acceptors (Lipinski definition) is 6. The SMILES string of the molecule is CC(C)COC(=O)CC1C(=O)NCCN1C(=S)NC(=O)c1ccccc1OCC(C)C. The number of carbonyl (C=O) groups excluding carboxylic acids is 3. The van der Waals surface area contributed by atoms with E-state index in [0.29, 0.717) is 36.9 Å². The van der Waals surface area contributed by atoms with Crippen LogP contribution >= 0.6 is 12.2 Å². The molecule has 1 aromatic rings. The lowest BCUT2D eigenvalue weighted by Crippen LogP contribution is -2.60. The average Bonchev–Trinajstić information content (AvgIpc) is 2.72. The van der Waals surface area contributed by atoms with Gasteiger partial charge >= 0.3 is 5.97 Å². The zero-order chi connectivity index (χ0) is 23.0. The number of rotatable bonds is 8. The highest BCUT2D eigenvalue weighted by atomic mass is 32.1. The number of carbonyl (C=O) groups is 3. The van der Waals surface area contributed by atoms with Crippen LogP contribution in [0.25, 0.3) is 0 Å². The predicted octanol–water partition coefficient (Wildman–Crippen LogP) is 2.13. The molecule has 2 rings (SSSR count). The van der Waals surface area contributed by atoms with E-state index >= 15 is 0 Å². The fraction of sp³-hybridized carbons (Fsp3) is 0.545. The lowest BCUT2D eigenvalue weighted by molar-refractivity contribution is -0.148. The van der Waals surface area contributed by atoms with Crippen molar-refractivity contribution in [3.63, 3.8) is 0 Å². The Morgan fingerprint density at radius 1 is 1.19 bits per heavy atom. The van der Waals surface area contributed by atoms with Gasteiger partial charge in [-0.05, 0) is 36.2 Å². The normalized spacial score (nSPS) is 16.1. The Balaban J connectivity index is 2.07. The van der Waals surface area contributed by atoms with Crippen LogP contribution in [0.5, 0.6) is 5.75 Å². The molecular formula is C22H31N3O5S. The third kappa shape index (κ3) is 7.50. The van der Waals surface area contributed by atoms with Crippen LogP contribution in [0.2, 0.25) is 0 Å². The molecule has 2 N–H and O–H groups in total. The molecule has 1 unspecified atom stereocenters. The van der Waals surface area contributed by atoms with E-state index in [0.717, 1.165) is 0 Å². The number of amides is 2. The van der Waals surface area contributed by atoms with Crippen molar-refractivity contribution in [3.8, 4) is 5.75 Å². The largest absolute Gasteiger partial charge is 0.492 e. The molecule has 9 heteroatoms. The van der Waals surface area contributed by atoms with Crippen molar-refractivity contribution in [3.05, 3.63) is 29.8 Å². The second-order valence-corrected chi connectivity index (χ2v) is 8.63. The van der Waals surface area contributed by atoms with E-state index in [2.05, 4.69) is 10.6 Å². The Bertz CT molecular complexity index is 812. The summed E-state index contributed by atoms with van der Waals surface area (Å²) in [5, 5.41) is 5.49. The van der Waals surface area contributed by atoms with Gasteiger partial charge in [0.05, 0.1) is 25.2 Å². The number of ether oxygens (including phenoxy) is 2. The van der Waals surface area contributed by atoms with Gasteiger partial charge in [0.1, 0.15) is 11.8 Å². The lowest BCUT2D eigenvalue weighted by atomic mass is 10.1. The summed E-state index contributed by atoms with van der Waals surface area (Å²) in [6, 6.07) is 6.06. The molecular weight excluding hydrogens is 418 g/mol. The van der Waals surface area contributed by atoms with Crippen LogP contribution in [0.1, 0.15) is 44.5 Å². The van der Waals surface area contributed by atoms with Crippen LogP contribution in [0, 0.1) is 11.8 Å². The van der Waals surface area contributed by atoms with Gasteiger partial charge in [-0.2, -0.15) is 0 Å². The number of piperazine rings is 1. The molecule has 0 bridgehead atoms. The van der Waals surface area contributed by atoms with Gasteiger partial charge in [-0.3, -0.25) is 19.7 Å². The van der Waals surface area contributed by atoms with Gasteiger partial charge in [-0.25, -0.2) is 0 Å². The highest BCUT2D eigenvalue weighted by molar-refractivity contribution is 7.80. The molecule has 1 aliphatic heterocycles. The summed E-state index contributed by atoms with van der Waals surface area (Å²) in [6.07, 6.45) is -0.150. The standard InChI is InChI=1S/C22H31N3O5S/c1-14(2)12-29-18-8-6-5-7-16(18)20(27)24-22(31)25-10-9-23-21(28)17(25)11-19(26)30-13-15(3)4/h5-8,14-15,17H,9-13H2,1-4H3,(H,23,28)(H,24,27,31). The molecule has 31 heavy (non-hydrogen) atoms. The topological polar surface area (TPSA) is 97.0 Å². The van der Waals surface area contributed by atoms with Crippen molar-refractivity contribution in [2.75, 3.05) is 26.3 Å². The molecule has 0 aromatic heterocycles. The van der Waals surface area contributed by atoms with Crippen LogP contribution in [-0.2, 0) is 14.3 Å². The van der Waals surface area contributed by atoms with E-state index < -0.39 is 17.9 Å². The molecule has 1 fully saturated rings. The highest BCUT2D eigenvalue weighted by Crippen LogP contribution is 2.19.